The number of primary sulfonamides is 1. The summed E-state index contributed by atoms with van der Waals surface area (Å²) in [6, 6.07) is 9.57. The number of nitrogens with zero attached hydrogens (tertiary/aromatic N) is 3. The molecule has 0 saturated heterocycles. The van der Waals surface area contributed by atoms with E-state index >= 15 is 0 Å². The smallest absolute Gasteiger partial charge is 0.321 e. The van der Waals surface area contributed by atoms with Gasteiger partial charge in [-0.3, -0.25) is 4.79 Å². The minimum atomic E-state index is -4.52. The number of halogens is 3. The molecular weight excluding hydrogens is 411 g/mol. The fraction of sp³-hybridized carbons (Fsp3) is 0.118. The van der Waals surface area contributed by atoms with Crippen LogP contribution in [0.2, 0.25) is 0 Å². The lowest BCUT2D eigenvalue weighted by Crippen LogP contribution is -2.15. The van der Waals surface area contributed by atoms with Gasteiger partial charge in [-0.1, -0.05) is 11.3 Å². The Balaban J connectivity index is 1.85. The Morgan fingerprint density at radius 1 is 1.14 bits per heavy atom. The summed E-state index contributed by atoms with van der Waals surface area (Å²) in [6.45, 7) is 1.49. The molecule has 1 heterocycles. The lowest BCUT2D eigenvalue weighted by molar-refractivity contribution is -0.137. The van der Waals surface area contributed by atoms with Gasteiger partial charge in [0.2, 0.25) is 10.0 Å². The van der Waals surface area contributed by atoms with E-state index in [1.54, 1.807) is 0 Å². The van der Waals surface area contributed by atoms with E-state index in [2.05, 4.69) is 15.6 Å². The van der Waals surface area contributed by atoms with Crippen LogP contribution in [0.25, 0.3) is 5.69 Å². The minimum absolute atomic E-state index is 0.0985. The maximum absolute atomic E-state index is 12.9. The van der Waals surface area contributed by atoms with Gasteiger partial charge in [0, 0.05) is 5.69 Å². The molecule has 8 nitrogen and oxygen atoms in total. The standard InChI is InChI=1S/C17H14F3N5O3S/c1-10-15(16(26)22-12-5-7-14(8-6-12)29(21,27)28)23-24-25(10)13-4-2-3-11(9-13)17(18,19)20/h2-9H,1H3,(H,22,26)(H2,21,27,28). The fourth-order valence-corrected chi connectivity index (χ4v) is 3.03. The summed E-state index contributed by atoms with van der Waals surface area (Å²) >= 11 is 0. The lowest BCUT2D eigenvalue weighted by Gasteiger charge is -2.09. The summed E-state index contributed by atoms with van der Waals surface area (Å²) in [7, 11) is -3.87. The molecule has 2 aromatic carbocycles. The molecule has 3 N–H and O–H groups in total. The molecule has 12 heteroatoms. The van der Waals surface area contributed by atoms with Gasteiger partial charge in [-0.15, -0.1) is 5.10 Å². The second kappa shape index (κ2) is 7.29. The third-order valence-electron chi connectivity index (χ3n) is 3.97. The zero-order valence-corrected chi connectivity index (χ0v) is 15.6. The first kappa shape index (κ1) is 20.5. The topological polar surface area (TPSA) is 120 Å². The van der Waals surface area contributed by atoms with Crippen molar-refractivity contribution in [1.29, 1.82) is 0 Å². The van der Waals surface area contributed by atoms with Crippen molar-refractivity contribution in [2.75, 3.05) is 5.32 Å². The van der Waals surface area contributed by atoms with Gasteiger partial charge in [0.05, 0.1) is 21.8 Å². The Bertz CT molecular complexity index is 1170. The average Bonchev–Trinajstić information content (AvgIpc) is 3.02. The van der Waals surface area contributed by atoms with Crippen LogP contribution in [0.1, 0.15) is 21.7 Å². The molecule has 0 atom stereocenters. The Hall–Kier alpha value is -3.25. The molecule has 1 amide bonds. The molecule has 0 unspecified atom stereocenters. The van der Waals surface area contributed by atoms with E-state index in [9.17, 15) is 26.4 Å². The summed E-state index contributed by atoms with van der Waals surface area (Å²) < 4.78 is 62.4. The predicted molar refractivity (Wildman–Crippen MR) is 96.9 cm³/mol. The van der Waals surface area contributed by atoms with Crippen LogP contribution >= 0.6 is 0 Å². The summed E-state index contributed by atoms with van der Waals surface area (Å²) in [5.74, 6) is -0.663. The number of carbonyl (C=O) groups is 1. The monoisotopic (exact) mass is 425 g/mol. The number of aromatic nitrogens is 3. The summed E-state index contributed by atoms with van der Waals surface area (Å²) in [6.07, 6.45) is -4.52. The second-order valence-corrected chi connectivity index (χ2v) is 7.57. The first-order valence-electron chi connectivity index (χ1n) is 8.01. The number of amides is 1. The molecule has 3 rings (SSSR count). The van der Waals surface area contributed by atoms with Crippen molar-refractivity contribution in [2.45, 2.75) is 18.0 Å². The van der Waals surface area contributed by atoms with Gasteiger partial charge in [0.15, 0.2) is 5.69 Å². The lowest BCUT2D eigenvalue weighted by atomic mass is 10.2. The van der Waals surface area contributed by atoms with E-state index in [1.807, 2.05) is 0 Å². The number of nitrogens with two attached hydrogens (primary N) is 1. The van der Waals surface area contributed by atoms with E-state index in [0.29, 0.717) is 0 Å². The van der Waals surface area contributed by atoms with Gasteiger partial charge in [-0.05, 0) is 49.4 Å². The molecule has 0 radical (unpaired) electrons. The van der Waals surface area contributed by atoms with E-state index in [4.69, 9.17) is 5.14 Å². The average molecular weight is 425 g/mol. The minimum Gasteiger partial charge on any atom is -0.321 e. The van der Waals surface area contributed by atoms with Crippen molar-refractivity contribution in [2.24, 2.45) is 5.14 Å². The molecule has 0 aliphatic carbocycles. The normalized spacial score (nSPS) is 12.0. The summed E-state index contributed by atoms with van der Waals surface area (Å²) in [5, 5.41) is 15.0. The number of sulfonamides is 1. The fourth-order valence-electron chi connectivity index (χ4n) is 2.52. The third kappa shape index (κ3) is 4.43. The van der Waals surface area contributed by atoms with E-state index in [-0.39, 0.29) is 27.7 Å². The highest BCUT2D eigenvalue weighted by atomic mass is 32.2. The molecule has 0 saturated carbocycles. The van der Waals surface area contributed by atoms with Crippen LogP contribution in [-0.2, 0) is 16.2 Å². The number of rotatable bonds is 4. The number of anilines is 1. The summed E-state index contributed by atoms with van der Waals surface area (Å²) in [5.41, 5.74) is -0.358. The quantitative estimate of drug-likeness (QED) is 0.666. The molecule has 0 aliphatic heterocycles. The van der Waals surface area contributed by atoms with Crippen molar-refractivity contribution in [1.82, 2.24) is 15.0 Å². The maximum Gasteiger partial charge on any atom is 0.416 e. The van der Waals surface area contributed by atoms with E-state index in [1.165, 1.54) is 43.3 Å². The highest BCUT2D eigenvalue weighted by molar-refractivity contribution is 7.89. The van der Waals surface area contributed by atoms with Crippen molar-refractivity contribution in [3.8, 4) is 5.69 Å². The molecule has 3 aromatic rings. The number of alkyl halides is 3. The van der Waals surface area contributed by atoms with Gasteiger partial charge >= 0.3 is 6.18 Å². The molecule has 29 heavy (non-hydrogen) atoms. The first-order chi connectivity index (χ1) is 13.5. The van der Waals surface area contributed by atoms with Gasteiger partial charge in [-0.25, -0.2) is 18.2 Å². The van der Waals surface area contributed by atoms with Gasteiger partial charge in [0.1, 0.15) is 0 Å². The van der Waals surface area contributed by atoms with Crippen LogP contribution in [0, 0.1) is 6.92 Å². The molecule has 1 aromatic heterocycles. The number of benzene rings is 2. The van der Waals surface area contributed by atoms with Crippen LogP contribution in [0.5, 0.6) is 0 Å². The van der Waals surface area contributed by atoms with Gasteiger partial charge in [-0.2, -0.15) is 13.2 Å². The number of nitrogens with one attached hydrogen (secondary N) is 1. The maximum atomic E-state index is 12.9. The Labute approximate surface area is 163 Å². The Morgan fingerprint density at radius 3 is 2.38 bits per heavy atom. The van der Waals surface area contributed by atoms with E-state index in [0.717, 1.165) is 16.8 Å². The van der Waals surface area contributed by atoms with Crippen LogP contribution in [-0.4, -0.2) is 29.3 Å². The zero-order valence-electron chi connectivity index (χ0n) is 14.8. The van der Waals surface area contributed by atoms with Gasteiger partial charge in [0.25, 0.3) is 5.91 Å². The van der Waals surface area contributed by atoms with E-state index < -0.39 is 27.7 Å². The van der Waals surface area contributed by atoms with Crippen LogP contribution in [0.3, 0.4) is 0 Å². The first-order valence-corrected chi connectivity index (χ1v) is 9.55. The van der Waals surface area contributed by atoms with Crippen LogP contribution in [0.4, 0.5) is 18.9 Å². The largest absolute Gasteiger partial charge is 0.416 e. The third-order valence-corrected chi connectivity index (χ3v) is 4.90. The van der Waals surface area contributed by atoms with Crippen LogP contribution < -0.4 is 10.5 Å². The SMILES string of the molecule is Cc1c(C(=O)Nc2ccc(S(N)(=O)=O)cc2)nnn1-c1cccc(C(F)(F)F)c1. The van der Waals surface area contributed by atoms with Gasteiger partial charge < -0.3 is 5.32 Å². The van der Waals surface area contributed by atoms with Crippen molar-refractivity contribution < 1.29 is 26.4 Å². The van der Waals surface area contributed by atoms with Crippen molar-refractivity contribution >= 4 is 21.6 Å². The summed E-state index contributed by atoms with van der Waals surface area (Å²) in [4.78, 5) is 12.3. The molecule has 0 aliphatic rings. The molecule has 152 valence electrons. The van der Waals surface area contributed by atoms with Crippen molar-refractivity contribution in [3.63, 3.8) is 0 Å². The highest BCUT2D eigenvalue weighted by Crippen LogP contribution is 2.30. The molecular formula is C17H14F3N5O3S. The number of hydrogen-bond acceptors (Lipinski definition) is 5. The number of carbonyl (C=O) groups excluding carboxylic acids is 1. The Morgan fingerprint density at radius 2 is 1.79 bits per heavy atom. The number of hydrogen-bond donors (Lipinski definition) is 2. The molecule has 0 spiro atoms. The van der Waals surface area contributed by atoms with Crippen molar-refractivity contribution in [3.05, 3.63) is 65.5 Å². The predicted octanol–water partition coefficient (Wildman–Crippen LogP) is 2.49. The van der Waals surface area contributed by atoms with Crippen LogP contribution in [0.15, 0.2) is 53.4 Å². The molecule has 0 bridgehead atoms. The Kier molecular flexibility index (Phi) is 5.15. The highest BCUT2D eigenvalue weighted by Gasteiger charge is 2.31. The zero-order chi connectivity index (χ0) is 21.4. The molecule has 0 fully saturated rings. The second-order valence-electron chi connectivity index (χ2n) is 6.01.